The molecule has 2 aliphatic heterocycles. The molecule has 4 N–H and O–H groups in total. The first-order valence-corrected chi connectivity index (χ1v) is 14.8. The fourth-order valence-electron chi connectivity index (χ4n) is 5.67. The van der Waals surface area contributed by atoms with Crippen molar-refractivity contribution in [3.63, 3.8) is 0 Å². The topological polar surface area (TPSA) is 108 Å². The monoisotopic (exact) mass is 581 g/mol. The molecule has 0 spiro atoms. The maximum atomic E-state index is 6.74. The van der Waals surface area contributed by atoms with Crippen LogP contribution in [0.5, 0.6) is 17.2 Å². The van der Waals surface area contributed by atoms with E-state index >= 15 is 0 Å². The predicted octanol–water partition coefficient (Wildman–Crippen LogP) is 4.48. The predicted molar refractivity (Wildman–Crippen MR) is 171 cm³/mol. The molecule has 3 aromatic carbocycles. The average Bonchev–Trinajstić information content (AvgIpc) is 3.05. The lowest BCUT2D eigenvalue weighted by molar-refractivity contribution is 0.0322. The molecule has 1 fully saturated rings. The normalized spacial score (nSPS) is 15.7. The summed E-state index contributed by atoms with van der Waals surface area (Å²) in [5.74, 6) is 2.09. The highest BCUT2D eigenvalue weighted by molar-refractivity contribution is 6.03. The van der Waals surface area contributed by atoms with Gasteiger partial charge < -0.3 is 35.3 Å². The molecule has 0 amide bonds. The van der Waals surface area contributed by atoms with E-state index in [4.69, 9.17) is 30.4 Å². The highest BCUT2D eigenvalue weighted by Crippen LogP contribution is 2.42. The van der Waals surface area contributed by atoms with Crippen LogP contribution < -0.4 is 30.6 Å². The molecule has 43 heavy (non-hydrogen) atoms. The van der Waals surface area contributed by atoms with Gasteiger partial charge in [-0.2, -0.15) is 0 Å². The van der Waals surface area contributed by atoms with E-state index in [2.05, 4.69) is 39.1 Å². The number of methoxy groups -OCH3 is 1. The fraction of sp³-hybridized carbons (Fsp3) is 0.324. The van der Waals surface area contributed by atoms with Gasteiger partial charge in [0, 0.05) is 66.5 Å². The van der Waals surface area contributed by atoms with Crippen LogP contribution >= 0.6 is 0 Å². The summed E-state index contributed by atoms with van der Waals surface area (Å²) in [7, 11) is 1.67. The van der Waals surface area contributed by atoms with E-state index in [0.717, 1.165) is 72.5 Å². The van der Waals surface area contributed by atoms with Gasteiger partial charge in [0.25, 0.3) is 0 Å². The maximum absolute atomic E-state index is 6.74. The lowest BCUT2D eigenvalue weighted by Crippen LogP contribution is -2.38. The number of benzene rings is 3. The van der Waals surface area contributed by atoms with Crippen molar-refractivity contribution in [2.24, 2.45) is 5.73 Å². The van der Waals surface area contributed by atoms with Gasteiger partial charge in [0.1, 0.15) is 19.0 Å². The summed E-state index contributed by atoms with van der Waals surface area (Å²) in [4.78, 5) is 8.93. The summed E-state index contributed by atoms with van der Waals surface area (Å²) in [6.45, 7) is 5.74. The SMILES string of the molecule is COc1ccc2c(N)c3c(cc2c1OCCN1CCOCC1)CN(c1cncc(OC[C@H](N)Cc2ccccc2)c1)C=C3. The Labute approximate surface area is 252 Å². The summed E-state index contributed by atoms with van der Waals surface area (Å²) in [5.41, 5.74) is 18.0. The van der Waals surface area contributed by atoms with E-state index in [1.54, 1.807) is 13.3 Å². The minimum Gasteiger partial charge on any atom is -0.493 e. The number of nitrogens with zero attached hydrogens (tertiary/aromatic N) is 3. The second-order valence-electron chi connectivity index (χ2n) is 10.9. The quantitative estimate of drug-likeness (QED) is 0.248. The molecule has 1 saturated heterocycles. The van der Waals surface area contributed by atoms with Crippen molar-refractivity contribution in [2.75, 3.05) is 63.8 Å². The number of morpholine rings is 1. The molecule has 0 unspecified atom stereocenters. The van der Waals surface area contributed by atoms with Gasteiger partial charge in [-0.1, -0.05) is 30.3 Å². The fourth-order valence-corrected chi connectivity index (χ4v) is 5.67. The van der Waals surface area contributed by atoms with Crippen molar-refractivity contribution >= 4 is 28.2 Å². The van der Waals surface area contributed by atoms with Gasteiger partial charge in [-0.3, -0.25) is 9.88 Å². The minimum atomic E-state index is -0.119. The van der Waals surface area contributed by atoms with Crippen LogP contribution in [-0.2, 0) is 17.7 Å². The van der Waals surface area contributed by atoms with E-state index < -0.39 is 0 Å². The molecule has 3 heterocycles. The molecule has 9 heteroatoms. The lowest BCUT2D eigenvalue weighted by Gasteiger charge is -2.28. The summed E-state index contributed by atoms with van der Waals surface area (Å²) >= 11 is 0. The van der Waals surface area contributed by atoms with Crippen LogP contribution in [0.2, 0.25) is 0 Å². The van der Waals surface area contributed by atoms with Gasteiger partial charge in [-0.15, -0.1) is 0 Å². The molecule has 1 aromatic heterocycles. The molecule has 224 valence electrons. The van der Waals surface area contributed by atoms with Crippen molar-refractivity contribution in [1.29, 1.82) is 0 Å². The molecule has 4 aromatic rings. The highest BCUT2D eigenvalue weighted by atomic mass is 16.5. The molecule has 0 bridgehead atoms. The number of rotatable bonds is 11. The van der Waals surface area contributed by atoms with Crippen molar-refractivity contribution < 1.29 is 18.9 Å². The lowest BCUT2D eigenvalue weighted by atomic mass is 9.95. The number of anilines is 2. The van der Waals surface area contributed by atoms with Crippen LogP contribution in [-0.4, -0.2) is 69.1 Å². The summed E-state index contributed by atoms with van der Waals surface area (Å²) in [5, 5.41) is 1.89. The molecule has 0 radical (unpaired) electrons. The Hall–Kier alpha value is -4.31. The Morgan fingerprint density at radius 2 is 1.84 bits per heavy atom. The van der Waals surface area contributed by atoms with Crippen molar-refractivity contribution in [2.45, 2.75) is 19.0 Å². The number of fused-ring (bicyclic) bond motifs is 2. The number of hydrogen-bond donors (Lipinski definition) is 2. The van der Waals surface area contributed by atoms with Gasteiger partial charge >= 0.3 is 0 Å². The van der Waals surface area contributed by atoms with Crippen LogP contribution in [0.25, 0.3) is 16.8 Å². The van der Waals surface area contributed by atoms with E-state index in [1.807, 2.05) is 48.8 Å². The van der Waals surface area contributed by atoms with Gasteiger partial charge in [0.15, 0.2) is 11.5 Å². The summed E-state index contributed by atoms with van der Waals surface area (Å²) in [6.07, 6.45) is 8.40. The van der Waals surface area contributed by atoms with E-state index in [-0.39, 0.29) is 6.04 Å². The first kappa shape index (κ1) is 28.8. The summed E-state index contributed by atoms with van der Waals surface area (Å²) in [6, 6.07) is 18.2. The smallest absolute Gasteiger partial charge is 0.169 e. The van der Waals surface area contributed by atoms with Crippen LogP contribution in [0.15, 0.2) is 73.2 Å². The van der Waals surface area contributed by atoms with E-state index in [0.29, 0.717) is 37.0 Å². The second kappa shape index (κ2) is 13.3. The van der Waals surface area contributed by atoms with Gasteiger partial charge in [0.05, 0.1) is 38.4 Å². The minimum absolute atomic E-state index is 0.119. The third kappa shape index (κ3) is 6.69. The van der Waals surface area contributed by atoms with Crippen LogP contribution in [0.3, 0.4) is 0 Å². The van der Waals surface area contributed by atoms with Crippen molar-refractivity contribution in [3.8, 4) is 17.2 Å². The molecule has 1 atom stereocenters. The third-order valence-electron chi connectivity index (χ3n) is 7.98. The Bertz CT molecular complexity index is 1570. The number of aromatic nitrogens is 1. The Morgan fingerprint density at radius 3 is 2.65 bits per heavy atom. The molecule has 0 aliphatic carbocycles. The zero-order valence-electron chi connectivity index (χ0n) is 24.6. The van der Waals surface area contributed by atoms with Crippen molar-refractivity contribution in [1.82, 2.24) is 9.88 Å². The summed E-state index contributed by atoms with van der Waals surface area (Å²) < 4.78 is 23.6. The third-order valence-corrected chi connectivity index (χ3v) is 7.98. The first-order chi connectivity index (χ1) is 21.1. The van der Waals surface area contributed by atoms with Crippen LogP contribution in [0.1, 0.15) is 16.7 Å². The van der Waals surface area contributed by atoms with Crippen molar-refractivity contribution in [3.05, 3.63) is 89.9 Å². The Morgan fingerprint density at radius 1 is 1.00 bits per heavy atom. The second-order valence-corrected chi connectivity index (χ2v) is 10.9. The Kier molecular flexibility index (Phi) is 8.93. The van der Waals surface area contributed by atoms with Gasteiger partial charge in [-0.05, 0) is 41.8 Å². The molecular weight excluding hydrogens is 542 g/mol. The molecule has 2 aliphatic rings. The number of ether oxygens (including phenoxy) is 4. The molecule has 9 nitrogen and oxygen atoms in total. The Balaban J connectivity index is 1.18. The maximum Gasteiger partial charge on any atom is 0.169 e. The zero-order valence-corrected chi connectivity index (χ0v) is 24.6. The number of nitrogen functional groups attached to an aromatic ring is 1. The molecule has 6 rings (SSSR count). The molecule has 0 saturated carbocycles. The number of nitrogens with two attached hydrogens (primary N) is 2. The standard InChI is InChI=1S/C34H39N5O4/c1-40-32-8-7-30-31(34(32)42-16-13-38-11-14-41-15-12-38)18-25-22-39(10-9-29(25)33(30)36)27-19-28(21-37-20-27)43-23-26(35)17-24-5-3-2-4-6-24/h2-10,18-21,26H,11-17,22-23,35-36H2,1H3/t26-/m1/s1. The highest BCUT2D eigenvalue weighted by Gasteiger charge is 2.21. The van der Waals surface area contributed by atoms with Gasteiger partial charge in [0.2, 0.25) is 0 Å². The van der Waals surface area contributed by atoms with Gasteiger partial charge in [-0.25, -0.2) is 0 Å². The van der Waals surface area contributed by atoms with Crippen LogP contribution in [0.4, 0.5) is 11.4 Å². The van der Waals surface area contributed by atoms with E-state index in [9.17, 15) is 0 Å². The zero-order chi connectivity index (χ0) is 29.6. The number of pyridine rings is 1. The molecular formula is C34H39N5O4. The first-order valence-electron chi connectivity index (χ1n) is 14.8. The van der Waals surface area contributed by atoms with Crippen LogP contribution in [0, 0.1) is 0 Å². The number of hydrogen-bond acceptors (Lipinski definition) is 9. The largest absolute Gasteiger partial charge is 0.493 e. The average molecular weight is 582 g/mol. The van der Waals surface area contributed by atoms with E-state index in [1.165, 1.54) is 5.56 Å².